The van der Waals surface area contributed by atoms with E-state index >= 15 is 0 Å². The van der Waals surface area contributed by atoms with Crippen LogP contribution in [-0.4, -0.2) is 17.9 Å². The summed E-state index contributed by atoms with van der Waals surface area (Å²) in [4.78, 5) is 15.2. The number of nitriles is 1. The Bertz CT molecular complexity index is 1000. The van der Waals surface area contributed by atoms with Gasteiger partial charge >= 0.3 is 0 Å². The van der Waals surface area contributed by atoms with Crippen LogP contribution >= 0.6 is 0 Å². The zero-order valence-electron chi connectivity index (χ0n) is 13.6. The van der Waals surface area contributed by atoms with Gasteiger partial charge in [-0.25, -0.2) is 4.39 Å². The van der Waals surface area contributed by atoms with Crippen molar-refractivity contribution < 1.29 is 9.18 Å². The molecule has 0 unspecified atom stereocenters. The number of nitrogens with zero attached hydrogens (tertiary/aromatic N) is 2. The van der Waals surface area contributed by atoms with E-state index in [0.717, 1.165) is 16.8 Å². The average molecular weight is 330 g/mol. The molecule has 5 rings (SSSR count). The minimum Gasteiger partial charge on any atom is -0.352 e. The van der Waals surface area contributed by atoms with E-state index in [2.05, 4.69) is 11.0 Å². The highest BCUT2D eigenvalue weighted by Crippen LogP contribution is 2.53. The van der Waals surface area contributed by atoms with Crippen molar-refractivity contribution in [3.05, 3.63) is 70.5 Å². The first-order chi connectivity index (χ1) is 12.1. The number of hydrogen-bond donors (Lipinski definition) is 0. The molecule has 1 saturated heterocycles. The van der Waals surface area contributed by atoms with Crippen molar-refractivity contribution in [2.75, 3.05) is 4.90 Å². The van der Waals surface area contributed by atoms with Crippen LogP contribution in [-0.2, 0) is 0 Å². The first-order valence-electron chi connectivity index (χ1n) is 8.41. The summed E-state index contributed by atoms with van der Waals surface area (Å²) < 4.78 is 13.8. The molecule has 0 radical (unpaired) electrons. The highest BCUT2D eigenvalue weighted by Gasteiger charge is 2.57. The number of halogens is 1. The Morgan fingerprint density at radius 2 is 2.08 bits per heavy atom. The van der Waals surface area contributed by atoms with Crippen molar-refractivity contribution in [3.63, 3.8) is 0 Å². The van der Waals surface area contributed by atoms with Crippen LogP contribution in [0.1, 0.15) is 33.0 Å². The maximum absolute atomic E-state index is 13.8. The Morgan fingerprint density at radius 1 is 1.24 bits per heavy atom. The van der Waals surface area contributed by atoms with Crippen LogP contribution in [0.15, 0.2) is 42.5 Å². The number of benzene rings is 2. The lowest BCUT2D eigenvalue weighted by Gasteiger charge is -2.35. The second kappa shape index (κ2) is 4.80. The summed E-state index contributed by atoms with van der Waals surface area (Å²) in [6.07, 6.45) is 4.05. The monoisotopic (exact) mass is 330 g/mol. The van der Waals surface area contributed by atoms with Crippen LogP contribution in [0.2, 0.25) is 0 Å². The van der Waals surface area contributed by atoms with Gasteiger partial charge in [-0.05, 0) is 41.8 Å². The fraction of sp³-hybridized carbons (Fsp3) is 0.238. The van der Waals surface area contributed by atoms with E-state index in [4.69, 9.17) is 0 Å². The summed E-state index contributed by atoms with van der Waals surface area (Å²) in [6.45, 7) is 2.02. The molecule has 4 heteroatoms. The summed E-state index contributed by atoms with van der Waals surface area (Å²) in [5.74, 6) is -1.03. The van der Waals surface area contributed by atoms with Crippen molar-refractivity contribution in [1.82, 2.24) is 0 Å². The SMILES string of the molecule is Cc1cccc2c1N1[C@H](C=C2)[C@H](C#N)[C@H]2c3cc(F)ccc3C(=O)[C@H]21. The summed E-state index contributed by atoms with van der Waals surface area (Å²) in [7, 11) is 0. The maximum Gasteiger partial charge on any atom is 0.186 e. The molecule has 1 fully saturated rings. The van der Waals surface area contributed by atoms with Gasteiger partial charge in [-0.3, -0.25) is 4.79 Å². The van der Waals surface area contributed by atoms with Crippen molar-refractivity contribution in [1.29, 1.82) is 5.26 Å². The van der Waals surface area contributed by atoms with Gasteiger partial charge < -0.3 is 4.90 Å². The van der Waals surface area contributed by atoms with Gasteiger partial charge in [0.2, 0.25) is 0 Å². The Hall–Kier alpha value is -2.93. The third kappa shape index (κ3) is 1.70. The molecule has 3 nitrogen and oxygen atoms in total. The molecule has 122 valence electrons. The number of ketones is 1. The topological polar surface area (TPSA) is 44.1 Å². The fourth-order valence-corrected chi connectivity index (χ4v) is 4.81. The largest absolute Gasteiger partial charge is 0.352 e. The number of carbonyl (C=O) groups excluding carboxylic acids is 1. The molecule has 0 amide bonds. The number of rotatable bonds is 0. The average Bonchev–Trinajstić information content (AvgIpc) is 3.08. The Morgan fingerprint density at radius 3 is 2.88 bits per heavy atom. The smallest absolute Gasteiger partial charge is 0.186 e. The van der Waals surface area contributed by atoms with Crippen LogP contribution in [0.3, 0.4) is 0 Å². The van der Waals surface area contributed by atoms with E-state index in [-0.39, 0.29) is 29.5 Å². The predicted molar refractivity (Wildman–Crippen MR) is 92.8 cm³/mol. The molecule has 0 aromatic heterocycles. The second-order valence-electron chi connectivity index (χ2n) is 6.99. The van der Waals surface area contributed by atoms with E-state index in [0.29, 0.717) is 11.1 Å². The quantitative estimate of drug-likeness (QED) is 0.737. The maximum atomic E-state index is 13.8. The molecule has 3 aliphatic rings. The summed E-state index contributed by atoms with van der Waals surface area (Å²) in [5, 5.41) is 9.83. The molecule has 0 bridgehead atoms. The predicted octanol–water partition coefficient (Wildman–Crippen LogP) is 3.84. The van der Waals surface area contributed by atoms with Gasteiger partial charge in [0.25, 0.3) is 0 Å². The number of carbonyl (C=O) groups is 1. The molecule has 1 aliphatic carbocycles. The molecular weight excluding hydrogens is 315 g/mol. The lowest BCUT2D eigenvalue weighted by atomic mass is 9.85. The first kappa shape index (κ1) is 14.4. The Labute approximate surface area is 145 Å². The van der Waals surface area contributed by atoms with Crippen LogP contribution < -0.4 is 4.90 Å². The zero-order valence-corrected chi connectivity index (χ0v) is 13.6. The number of aryl methyl sites for hydroxylation is 1. The first-order valence-corrected chi connectivity index (χ1v) is 8.41. The van der Waals surface area contributed by atoms with Gasteiger partial charge in [0.05, 0.1) is 18.0 Å². The number of fused-ring (bicyclic) bond motifs is 7. The molecule has 4 atom stereocenters. The highest BCUT2D eigenvalue weighted by atomic mass is 19.1. The molecule has 2 aromatic rings. The van der Waals surface area contributed by atoms with Gasteiger partial charge in [0, 0.05) is 17.2 Å². The van der Waals surface area contributed by atoms with Gasteiger partial charge in [-0.2, -0.15) is 5.26 Å². The summed E-state index contributed by atoms with van der Waals surface area (Å²) in [6, 6.07) is 12.2. The van der Waals surface area contributed by atoms with Crippen LogP contribution in [0, 0.1) is 30.0 Å². The molecule has 0 N–H and O–H groups in total. The lowest BCUT2D eigenvalue weighted by Crippen LogP contribution is -2.42. The summed E-state index contributed by atoms with van der Waals surface area (Å²) >= 11 is 0. The summed E-state index contributed by atoms with van der Waals surface area (Å²) in [5.41, 5.74) is 4.39. The number of anilines is 1. The van der Waals surface area contributed by atoms with Crippen molar-refractivity contribution in [3.8, 4) is 6.07 Å². The molecule has 0 saturated carbocycles. The number of para-hydroxylation sites is 1. The van der Waals surface area contributed by atoms with E-state index in [1.807, 2.05) is 37.3 Å². The van der Waals surface area contributed by atoms with Crippen LogP contribution in [0.4, 0.5) is 10.1 Å². The second-order valence-corrected chi connectivity index (χ2v) is 6.99. The zero-order chi connectivity index (χ0) is 17.3. The molecule has 2 aliphatic heterocycles. The lowest BCUT2D eigenvalue weighted by molar-refractivity contribution is 0.0970. The Balaban J connectivity index is 1.76. The Kier molecular flexibility index (Phi) is 2.77. The van der Waals surface area contributed by atoms with E-state index < -0.39 is 6.04 Å². The van der Waals surface area contributed by atoms with E-state index in [9.17, 15) is 14.4 Å². The standard InChI is InChI=1S/C21H15FN2O/c1-11-3-2-4-12-5-8-17-16(10-23)18-15-9-13(22)6-7-14(15)21(25)20(18)24(17)19(11)12/h2-9,16-18,20H,1H3/t16-,17+,18+,20-/m0/s1. The third-order valence-corrected chi connectivity index (χ3v) is 5.77. The number of Topliss-reactive ketones (excluding diaryl/α,β-unsaturated/α-hetero) is 1. The minimum atomic E-state index is -0.434. The van der Waals surface area contributed by atoms with Crippen molar-refractivity contribution >= 4 is 17.5 Å². The van der Waals surface area contributed by atoms with Gasteiger partial charge in [-0.1, -0.05) is 30.4 Å². The number of hydrogen-bond acceptors (Lipinski definition) is 3. The van der Waals surface area contributed by atoms with Crippen LogP contribution in [0.5, 0.6) is 0 Å². The normalized spacial score (nSPS) is 28.2. The molecule has 2 aromatic carbocycles. The van der Waals surface area contributed by atoms with Crippen molar-refractivity contribution in [2.45, 2.75) is 24.9 Å². The van der Waals surface area contributed by atoms with Gasteiger partial charge in [0.15, 0.2) is 5.78 Å². The molecular formula is C21H15FN2O. The highest BCUT2D eigenvalue weighted by molar-refractivity contribution is 6.09. The fourth-order valence-electron chi connectivity index (χ4n) is 4.81. The van der Waals surface area contributed by atoms with Gasteiger partial charge in [-0.15, -0.1) is 0 Å². The minimum absolute atomic E-state index is 0.00717. The molecule has 0 spiro atoms. The molecule has 25 heavy (non-hydrogen) atoms. The van der Waals surface area contributed by atoms with E-state index in [1.165, 1.54) is 12.1 Å². The van der Waals surface area contributed by atoms with Crippen molar-refractivity contribution in [2.24, 2.45) is 5.92 Å². The third-order valence-electron chi connectivity index (χ3n) is 5.77. The molecule has 2 heterocycles. The van der Waals surface area contributed by atoms with Crippen LogP contribution in [0.25, 0.3) is 6.08 Å². The van der Waals surface area contributed by atoms with E-state index in [1.54, 1.807) is 6.07 Å². The van der Waals surface area contributed by atoms with Gasteiger partial charge in [0.1, 0.15) is 11.9 Å².